The van der Waals surface area contributed by atoms with Crippen LogP contribution in [0.3, 0.4) is 0 Å². The molecule has 3 aromatic rings. The third-order valence-electron chi connectivity index (χ3n) is 5.03. The molecule has 0 unspecified atom stereocenters. The Kier molecular flexibility index (Phi) is 7.40. The van der Waals surface area contributed by atoms with Crippen LogP contribution in [0.4, 0.5) is 5.82 Å². The molecule has 1 amide bonds. The Morgan fingerprint density at radius 3 is 2.42 bits per heavy atom. The van der Waals surface area contributed by atoms with Crippen molar-refractivity contribution >= 4 is 23.5 Å². The average molecular weight is 446 g/mol. The van der Waals surface area contributed by atoms with Crippen molar-refractivity contribution in [2.75, 3.05) is 11.9 Å². The number of carboxylic acids is 1. The number of nitrogens with one attached hydrogen (secondary N) is 3. The summed E-state index contributed by atoms with van der Waals surface area (Å²) in [5, 5.41) is 23.3. The summed E-state index contributed by atoms with van der Waals surface area (Å²) in [6.07, 6.45) is 1.52. The number of nitrogens with zero attached hydrogens (tertiary/aromatic N) is 1. The van der Waals surface area contributed by atoms with Crippen molar-refractivity contribution in [2.24, 2.45) is 11.7 Å². The van der Waals surface area contributed by atoms with Crippen LogP contribution in [0.15, 0.2) is 60.8 Å². The molecule has 1 heterocycles. The molecular weight excluding hydrogens is 418 g/mol. The Morgan fingerprint density at radius 1 is 1.06 bits per heavy atom. The molecule has 0 atom stereocenters. The first-order chi connectivity index (χ1) is 15.8. The molecule has 0 aliphatic heterocycles. The lowest BCUT2D eigenvalue weighted by molar-refractivity contribution is 0.0697. The number of aromatic nitrogens is 1. The summed E-state index contributed by atoms with van der Waals surface area (Å²) in [5.74, 6) is -0.562. The van der Waals surface area contributed by atoms with E-state index in [9.17, 15) is 14.7 Å². The van der Waals surface area contributed by atoms with Gasteiger partial charge in [0.15, 0.2) is 0 Å². The molecule has 0 bridgehead atoms. The fourth-order valence-corrected chi connectivity index (χ4v) is 3.28. The van der Waals surface area contributed by atoms with E-state index in [-0.39, 0.29) is 17.3 Å². The summed E-state index contributed by atoms with van der Waals surface area (Å²) in [6.45, 7) is 4.89. The van der Waals surface area contributed by atoms with Crippen molar-refractivity contribution in [1.82, 2.24) is 10.3 Å². The maximum Gasteiger partial charge on any atom is 0.336 e. The highest BCUT2D eigenvalue weighted by molar-refractivity contribution is 6.01. The largest absolute Gasteiger partial charge is 0.478 e. The molecule has 0 aliphatic carbocycles. The van der Waals surface area contributed by atoms with Gasteiger partial charge in [-0.05, 0) is 46.9 Å². The number of aromatic carboxylic acids is 1. The number of anilines is 1. The number of amides is 1. The van der Waals surface area contributed by atoms with E-state index < -0.39 is 5.97 Å². The Bertz CT molecular complexity index is 1170. The normalized spacial score (nSPS) is 10.6. The molecule has 2 aromatic carbocycles. The van der Waals surface area contributed by atoms with Gasteiger partial charge in [-0.25, -0.2) is 9.78 Å². The minimum atomic E-state index is -1.10. The Labute approximate surface area is 192 Å². The van der Waals surface area contributed by atoms with E-state index in [1.165, 1.54) is 12.3 Å². The number of carboxylic acid groups (broad SMARTS) is 1. The number of hydrogen-bond acceptors (Lipinski definition) is 5. The van der Waals surface area contributed by atoms with Gasteiger partial charge in [-0.1, -0.05) is 44.2 Å². The molecule has 33 heavy (non-hydrogen) atoms. The van der Waals surface area contributed by atoms with Gasteiger partial charge in [0.05, 0.1) is 5.56 Å². The van der Waals surface area contributed by atoms with Crippen molar-refractivity contribution in [3.8, 4) is 11.1 Å². The van der Waals surface area contributed by atoms with Crippen LogP contribution in [0.1, 0.15) is 45.7 Å². The molecule has 0 saturated heterocycles. The van der Waals surface area contributed by atoms with Crippen LogP contribution in [0.2, 0.25) is 0 Å². The van der Waals surface area contributed by atoms with Crippen molar-refractivity contribution < 1.29 is 14.7 Å². The van der Waals surface area contributed by atoms with Gasteiger partial charge in [0.2, 0.25) is 0 Å². The first kappa shape index (κ1) is 23.5. The number of hydrogen-bond donors (Lipinski definition) is 5. The molecule has 1 aromatic heterocycles. The third kappa shape index (κ3) is 5.94. The van der Waals surface area contributed by atoms with E-state index in [0.29, 0.717) is 41.5 Å². The highest BCUT2D eigenvalue weighted by Crippen LogP contribution is 2.29. The molecular formula is C25H27N5O3. The predicted molar refractivity (Wildman–Crippen MR) is 129 cm³/mol. The molecule has 6 N–H and O–H groups in total. The van der Waals surface area contributed by atoms with E-state index in [1.54, 1.807) is 24.3 Å². The second kappa shape index (κ2) is 10.4. The number of amidine groups is 1. The molecule has 0 radical (unpaired) electrons. The predicted octanol–water partition coefficient (Wildman–Crippen LogP) is 3.73. The highest BCUT2D eigenvalue weighted by atomic mass is 16.4. The molecule has 3 rings (SSSR count). The Balaban J connectivity index is 1.87. The summed E-state index contributed by atoms with van der Waals surface area (Å²) >= 11 is 0. The number of carbonyl (C=O) groups excluding carboxylic acids is 1. The van der Waals surface area contributed by atoms with Gasteiger partial charge in [0.1, 0.15) is 11.7 Å². The Hall–Kier alpha value is -4.20. The lowest BCUT2D eigenvalue weighted by Crippen LogP contribution is -2.27. The average Bonchev–Trinajstić information content (AvgIpc) is 2.81. The first-order valence-electron chi connectivity index (χ1n) is 10.5. The quantitative estimate of drug-likeness (QED) is 0.251. The number of pyridine rings is 1. The van der Waals surface area contributed by atoms with Gasteiger partial charge in [0.25, 0.3) is 5.91 Å². The SMILES string of the molecule is CC(C)CNC(=O)c1ccc(-c2ccccc2CNc2ccc(C(=N)N)cn2)c(C(=O)O)c1. The number of nitrogens with two attached hydrogens (primary N) is 1. The molecule has 0 spiro atoms. The van der Waals surface area contributed by atoms with Crippen molar-refractivity contribution in [1.29, 1.82) is 5.41 Å². The lowest BCUT2D eigenvalue weighted by atomic mass is 9.93. The van der Waals surface area contributed by atoms with Crippen LogP contribution >= 0.6 is 0 Å². The van der Waals surface area contributed by atoms with E-state index in [2.05, 4.69) is 15.6 Å². The fourth-order valence-electron chi connectivity index (χ4n) is 3.28. The van der Waals surface area contributed by atoms with Crippen LogP contribution < -0.4 is 16.4 Å². The van der Waals surface area contributed by atoms with E-state index in [0.717, 1.165) is 11.1 Å². The zero-order valence-electron chi connectivity index (χ0n) is 18.6. The molecule has 0 saturated carbocycles. The van der Waals surface area contributed by atoms with Crippen LogP contribution in [-0.2, 0) is 6.54 Å². The first-order valence-corrected chi connectivity index (χ1v) is 10.5. The van der Waals surface area contributed by atoms with Crippen LogP contribution in [0.5, 0.6) is 0 Å². The summed E-state index contributed by atoms with van der Waals surface area (Å²) in [6, 6.07) is 15.6. The van der Waals surface area contributed by atoms with Crippen LogP contribution in [0.25, 0.3) is 11.1 Å². The highest BCUT2D eigenvalue weighted by Gasteiger charge is 2.17. The maximum absolute atomic E-state index is 12.4. The summed E-state index contributed by atoms with van der Waals surface area (Å²) in [5.41, 5.74) is 8.50. The Morgan fingerprint density at radius 2 is 1.79 bits per heavy atom. The van der Waals surface area contributed by atoms with Gasteiger partial charge >= 0.3 is 5.97 Å². The molecule has 8 nitrogen and oxygen atoms in total. The number of benzene rings is 2. The second-order valence-corrected chi connectivity index (χ2v) is 8.03. The van der Waals surface area contributed by atoms with Gasteiger partial charge in [-0.3, -0.25) is 10.2 Å². The molecule has 170 valence electrons. The molecule has 0 fully saturated rings. The van der Waals surface area contributed by atoms with Crippen LogP contribution in [0, 0.1) is 11.3 Å². The zero-order valence-corrected chi connectivity index (χ0v) is 18.6. The smallest absolute Gasteiger partial charge is 0.336 e. The van der Waals surface area contributed by atoms with Gasteiger partial charge in [-0.2, -0.15) is 0 Å². The van der Waals surface area contributed by atoms with E-state index in [1.807, 2.05) is 38.1 Å². The maximum atomic E-state index is 12.4. The van der Waals surface area contributed by atoms with E-state index >= 15 is 0 Å². The number of nitrogen functional groups attached to an aromatic ring is 1. The third-order valence-corrected chi connectivity index (χ3v) is 5.03. The summed E-state index contributed by atoms with van der Waals surface area (Å²) < 4.78 is 0. The lowest BCUT2D eigenvalue weighted by Gasteiger charge is -2.15. The van der Waals surface area contributed by atoms with Gasteiger partial charge in [0, 0.05) is 30.4 Å². The fraction of sp³-hybridized carbons (Fsp3) is 0.200. The minimum absolute atomic E-state index is 0.0538. The topological polar surface area (TPSA) is 141 Å². The standard InChI is InChI=1S/C25H27N5O3/c1-15(2)12-30-24(31)16-7-9-20(21(11-16)25(32)33)19-6-4-3-5-17(19)13-28-22-10-8-18(14-29-22)23(26)27/h3-11,14-15H,12-13H2,1-2H3,(H3,26,27)(H,28,29)(H,30,31)(H,32,33). The molecule has 8 heteroatoms. The second-order valence-electron chi connectivity index (χ2n) is 8.03. The zero-order chi connectivity index (χ0) is 24.0. The van der Waals surface area contributed by atoms with Crippen molar-refractivity contribution in [2.45, 2.75) is 20.4 Å². The van der Waals surface area contributed by atoms with Gasteiger partial charge < -0.3 is 21.5 Å². The monoisotopic (exact) mass is 445 g/mol. The number of carbonyl (C=O) groups is 2. The molecule has 0 aliphatic rings. The van der Waals surface area contributed by atoms with E-state index in [4.69, 9.17) is 11.1 Å². The summed E-state index contributed by atoms with van der Waals surface area (Å²) in [4.78, 5) is 28.7. The summed E-state index contributed by atoms with van der Waals surface area (Å²) in [7, 11) is 0. The van der Waals surface area contributed by atoms with Gasteiger partial charge in [-0.15, -0.1) is 0 Å². The number of rotatable bonds is 9. The van der Waals surface area contributed by atoms with Crippen molar-refractivity contribution in [3.63, 3.8) is 0 Å². The van der Waals surface area contributed by atoms with Crippen molar-refractivity contribution in [3.05, 3.63) is 83.0 Å². The van der Waals surface area contributed by atoms with Crippen LogP contribution in [-0.4, -0.2) is 34.3 Å². The minimum Gasteiger partial charge on any atom is -0.478 e.